The van der Waals surface area contributed by atoms with Gasteiger partial charge in [-0.1, -0.05) is 65.3 Å². The summed E-state index contributed by atoms with van der Waals surface area (Å²) in [4.78, 5) is 31.9. The minimum Gasteiger partial charge on any atom is -0.339 e. The number of aryl methyl sites for hydroxylation is 1. The van der Waals surface area contributed by atoms with E-state index in [-0.39, 0.29) is 56.6 Å². The molecule has 210 valence electrons. The van der Waals surface area contributed by atoms with Gasteiger partial charge in [-0.05, 0) is 86.5 Å². The van der Waals surface area contributed by atoms with Crippen molar-refractivity contribution in [2.75, 3.05) is 0 Å². The number of carbonyl (C=O) groups excluding carboxylic acids is 2. The van der Waals surface area contributed by atoms with E-state index in [9.17, 15) is 14.9 Å². The standard InChI is InChI=1S/C33H45N3O3/c1-20-23-10-12-33(8)26(31(23,6)18-22(19-34)27(20)38)17-25(37)24-9-11-29(3,4)13-14-30(5,15-16-32(24,33)7)28-35-21(2)36-39-28/h17-18,20,23-24H,9-16H2,1-8H3/t20-,23-,24?,30-,31-,32+,33+/m0/s1. The number of hydrogen-bond acceptors (Lipinski definition) is 6. The summed E-state index contributed by atoms with van der Waals surface area (Å²) in [6.07, 6.45) is 11.3. The van der Waals surface area contributed by atoms with Gasteiger partial charge >= 0.3 is 0 Å². The number of nitriles is 1. The molecule has 1 aromatic heterocycles. The first-order valence-corrected chi connectivity index (χ1v) is 14.8. The van der Waals surface area contributed by atoms with E-state index in [1.54, 1.807) is 0 Å². The van der Waals surface area contributed by atoms with Crippen LogP contribution in [0.4, 0.5) is 0 Å². The molecule has 2 saturated carbocycles. The largest absolute Gasteiger partial charge is 0.339 e. The van der Waals surface area contributed by atoms with Crippen molar-refractivity contribution < 1.29 is 14.1 Å². The Kier molecular flexibility index (Phi) is 6.45. The van der Waals surface area contributed by atoms with Crippen LogP contribution in [-0.4, -0.2) is 21.7 Å². The molecule has 6 nitrogen and oxygen atoms in total. The Morgan fingerprint density at radius 1 is 0.974 bits per heavy atom. The molecule has 0 N–H and O–H groups in total. The number of nitrogens with zero attached hydrogens (tertiary/aromatic N) is 3. The molecule has 4 aliphatic rings. The predicted molar refractivity (Wildman–Crippen MR) is 149 cm³/mol. The van der Waals surface area contributed by atoms with Crippen molar-refractivity contribution >= 4 is 11.6 Å². The Bertz CT molecular complexity index is 1310. The summed E-state index contributed by atoms with van der Waals surface area (Å²) >= 11 is 0. The summed E-state index contributed by atoms with van der Waals surface area (Å²) in [5.41, 5.74) is 0.196. The lowest BCUT2D eigenvalue weighted by Crippen LogP contribution is -2.58. The highest BCUT2D eigenvalue weighted by atomic mass is 16.5. The van der Waals surface area contributed by atoms with Gasteiger partial charge in [0, 0.05) is 22.7 Å². The molecular weight excluding hydrogens is 486 g/mol. The lowest BCUT2D eigenvalue weighted by atomic mass is 9.39. The molecule has 0 saturated heterocycles. The molecule has 4 aliphatic carbocycles. The smallest absolute Gasteiger partial charge is 0.232 e. The fraction of sp³-hybridized carbons (Fsp3) is 0.727. The molecule has 0 bridgehead atoms. The topological polar surface area (TPSA) is 96.9 Å². The number of aromatic nitrogens is 2. The Morgan fingerprint density at radius 2 is 1.67 bits per heavy atom. The maximum absolute atomic E-state index is 14.2. The van der Waals surface area contributed by atoms with E-state index in [1.165, 1.54) is 0 Å². The number of rotatable bonds is 1. The van der Waals surface area contributed by atoms with Gasteiger partial charge in [-0.15, -0.1) is 0 Å². The number of carbonyl (C=O) groups is 2. The maximum atomic E-state index is 14.2. The molecular formula is C33H45N3O3. The number of allylic oxidation sites excluding steroid dienone is 4. The molecule has 0 aliphatic heterocycles. The SMILES string of the molecule is Cc1noc([C@@]2(C)CCC(C)(C)CCC3C(=O)C=C4[C@@]5(C)C=C(C#N)C(=O)[C@@H](C)[C@@H]5CC[C@@]4(C)[C@]3(C)CC2)n1. The van der Waals surface area contributed by atoms with E-state index in [4.69, 9.17) is 9.51 Å². The molecule has 5 rings (SSSR count). The molecule has 2 fully saturated rings. The van der Waals surface area contributed by atoms with Crippen molar-refractivity contribution in [3.63, 3.8) is 0 Å². The lowest BCUT2D eigenvalue weighted by molar-refractivity contribution is -0.135. The second-order valence-corrected chi connectivity index (χ2v) is 14.9. The predicted octanol–water partition coefficient (Wildman–Crippen LogP) is 7.24. The Labute approximate surface area is 233 Å². The lowest BCUT2D eigenvalue weighted by Gasteiger charge is -2.63. The van der Waals surface area contributed by atoms with Crippen molar-refractivity contribution in [3.8, 4) is 6.07 Å². The van der Waals surface area contributed by atoms with Crippen LogP contribution >= 0.6 is 0 Å². The molecule has 6 heteroatoms. The van der Waals surface area contributed by atoms with E-state index >= 15 is 0 Å². The van der Waals surface area contributed by atoms with E-state index in [0.717, 1.165) is 56.9 Å². The average Bonchev–Trinajstić information content (AvgIpc) is 3.32. The minimum atomic E-state index is -0.490. The van der Waals surface area contributed by atoms with E-state index < -0.39 is 5.41 Å². The zero-order valence-corrected chi connectivity index (χ0v) is 25.1. The van der Waals surface area contributed by atoms with Crippen molar-refractivity contribution in [2.24, 2.45) is 39.4 Å². The molecule has 1 heterocycles. The molecule has 0 aromatic carbocycles. The van der Waals surface area contributed by atoms with E-state index in [1.807, 2.05) is 26.0 Å². The third-order valence-electron chi connectivity index (χ3n) is 12.1. The zero-order valence-electron chi connectivity index (χ0n) is 25.1. The summed E-state index contributed by atoms with van der Waals surface area (Å²) in [7, 11) is 0. The average molecular weight is 532 g/mol. The van der Waals surface area contributed by atoms with Gasteiger partial charge < -0.3 is 4.52 Å². The van der Waals surface area contributed by atoms with E-state index in [2.05, 4.69) is 52.8 Å². The number of fused-ring (bicyclic) bond motifs is 5. The highest BCUT2D eigenvalue weighted by Crippen LogP contribution is 2.69. The van der Waals surface area contributed by atoms with Gasteiger partial charge in [0.15, 0.2) is 17.4 Å². The van der Waals surface area contributed by atoms with Gasteiger partial charge in [0.05, 0.1) is 5.57 Å². The van der Waals surface area contributed by atoms with Crippen LogP contribution in [0.3, 0.4) is 0 Å². The van der Waals surface area contributed by atoms with Crippen LogP contribution in [0, 0.1) is 57.7 Å². The zero-order chi connectivity index (χ0) is 28.6. The second-order valence-electron chi connectivity index (χ2n) is 14.9. The van der Waals surface area contributed by atoms with Gasteiger partial charge in [-0.2, -0.15) is 10.2 Å². The van der Waals surface area contributed by atoms with Crippen LogP contribution in [0.5, 0.6) is 0 Å². The van der Waals surface area contributed by atoms with Crippen LogP contribution in [0.25, 0.3) is 0 Å². The van der Waals surface area contributed by atoms with Crippen molar-refractivity contribution in [1.82, 2.24) is 10.1 Å². The highest BCUT2D eigenvalue weighted by molar-refractivity contribution is 6.02. The van der Waals surface area contributed by atoms with E-state index in [0.29, 0.717) is 11.7 Å². The monoisotopic (exact) mass is 531 g/mol. The molecule has 39 heavy (non-hydrogen) atoms. The fourth-order valence-electron chi connectivity index (χ4n) is 8.96. The van der Waals surface area contributed by atoms with Crippen molar-refractivity contribution in [1.29, 1.82) is 5.26 Å². The number of hydrogen-bond donors (Lipinski definition) is 0. The Balaban J connectivity index is 1.65. The van der Waals surface area contributed by atoms with Crippen molar-refractivity contribution in [3.05, 3.63) is 35.0 Å². The maximum Gasteiger partial charge on any atom is 0.232 e. The summed E-state index contributed by atoms with van der Waals surface area (Å²) in [6, 6.07) is 2.18. The van der Waals surface area contributed by atoms with Crippen molar-refractivity contribution in [2.45, 2.75) is 112 Å². The van der Waals surface area contributed by atoms with Crippen LogP contribution in [-0.2, 0) is 15.0 Å². The van der Waals surface area contributed by atoms with Gasteiger partial charge in [0.2, 0.25) is 5.89 Å². The van der Waals surface area contributed by atoms with Gasteiger partial charge in [0.1, 0.15) is 6.07 Å². The molecule has 0 radical (unpaired) electrons. The summed E-state index contributed by atoms with van der Waals surface area (Å²) < 4.78 is 5.79. The molecule has 0 spiro atoms. The minimum absolute atomic E-state index is 0.0538. The van der Waals surface area contributed by atoms with Gasteiger partial charge in [0.25, 0.3) is 0 Å². The summed E-state index contributed by atoms with van der Waals surface area (Å²) in [6.45, 7) is 17.6. The normalized spacial score (nSPS) is 42.3. The number of ketones is 2. The second kappa shape index (κ2) is 8.98. The summed E-state index contributed by atoms with van der Waals surface area (Å²) in [5, 5.41) is 14.0. The first-order valence-electron chi connectivity index (χ1n) is 14.8. The Morgan fingerprint density at radius 3 is 2.31 bits per heavy atom. The van der Waals surface area contributed by atoms with Crippen LogP contribution in [0.15, 0.2) is 27.8 Å². The molecule has 1 aromatic rings. The molecule has 0 amide bonds. The van der Waals surface area contributed by atoms with Crippen LogP contribution in [0.2, 0.25) is 0 Å². The molecule has 1 unspecified atom stereocenters. The fourth-order valence-corrected chi connectivity index (χ4v) is 8.96. The summed E-state index contributed by atoms with van der Waals surface area (Å²) in [5.74, 6) is 1.33. The first-order chi connectivity index (χ1) is 18.1. The van der Waals surface area contributed by atoms with Crippen LogP contribution in [0.1, 0.15) is 112 Å². The van der Waals surface area contributed by atoms with Crippen LogP contribution < -0.4 is 0 Å². The quantitative estimate of drug-likeness (QED) is 0.379. The first kappa shape index (κ1) is 28.0. The third-order valence-corrected chi connectivity index (χ3v) is 12.1. The third kappa shape index (κ3) is 4.09. The van der Waals surface area contributed by atoms with Gasteiger partial charge in [-0.25, -0.2) is 0 Å². The Hall–Kier alpha value is -2.55. The number of Topliss-reactive ketones (excluding diaryl/α,β-unsaturated/α-hetero) is 1. The molecule has 7 atom stereocenters. The van der Waals surface area contributed by atoms with Gasteiger partial charge in [-0.3, -0.25) is 9.59 Å². The highest BCUT2D eigenvalue weighted by Gasteiger charge is 2.63.